The second kappa shape index (κ2) is 13.7. The first-order chi connectivity index (χ1) is 18.0. The second-order valence-corrected chi connectivity index (χ2v) is 11.4. The Balaban J connectivity index is 1.31. The molecule has 3 aromatic carbocycles. The van der Waals surface area contributed by atoms with Crippen molar-refractivity contribution in [2.75, 3.05) is 24.7 Å². The predicted octanol–water partition coefficient (Wildman–Crippen LogP) is 6.57. The van der Waals surface area contributed by atoms with Crippen LogP contribution in [0.1, 0.15) is 28.2 Å². The molecule has 4 rings (SSSR count). The molecule has 194 valence electrons. The number of nitrogens with one attached hydrogen (secondary N) is 1. The van der Waals surface area contributed by atoms with Gasteiger partial charge in [0.25, 0.3) is 5.91 Å². The zero-order valence-electron chi connectivity index (χ0n) is 20.1. The van der Waals surface area contributed by atoms with E-state index >= 15 is 0 Å². The summed E-state index contributed by atoms with van der Waals surface area (Å²) in [6.07, 6.45) is 1.50. The van der Waals surface area contributed by atoms with Gasteiger partial charge in [0, 0.05) is 27.1 Å². The lowest BCUT2D eigenvalue weighted by molar-refractivity contribution is -0.123. The smallest absolute Gasteiger partial charge is 0.277 e. The zero-order valence-corrected chi connectivity index (χ0v) is 23.3. The van der Waals surface area contributed by atoms with Crippen molar-refractivity contribution in [2.24, 2.45) is 5.10 Å². The molecule has 1 fully saturated rings. The van der Waals surface area contributed by atoms with Crippen LogP contribution in [0.25, 0.3) is 0 Å². The highest BCUT2D eigenvalue weighted by atomic mass is 79.9. The van der Waals surface area contributed by atoms with Gasteiger partial charge in [-0.2, -0.15) is 5.10 Å². The molecule has 0 saturated carbocycles. The molecule has 0 unspecified atom stereocenters. The van der Waals surface area contributed by atoms with Gasteiger partial charge in [0.2, 0.25) is 0 Å². The van der Waals surface area contributed by atoms with Crippen molar-refractivity contribution < 1.29 is 23.4 Å². The number of hydrogen-bond acceptors (Lipinski definition) is 7. The van der Waals surface area contributed by atoms with Crippen molar-refractivity contribution in [1.29, 1.82) is 0 Å². The van der Waals surface area contributed by atoms with Crippen molar-refractivity contribution >= 4 is 51.6 Å². The molecule has 1 saturated heterocycles. The van der Waals surface area contributed by atoms with Gasteiger partial charge in [-0.25, -0.2) is 9.82 Å². The zero-order chi connectivity index (χ0) is 26.0. The summed E-state index contributed by atoms with van der Waals surface area (Å²) in [5.74, 6) is 3.20. The Hall–Kier alpha value is -2.69. The third-order valence-electron chi connectivity index (χ3n) is 5.24. The standard InChI is InChI=1S/C27H26BrFN2O4S2/c1-2-33-24-13-20(22(28)14-25(24)35-16-19-5-3-4-6-23(19)29)15-30-31-26(32)17-34-21-9-7-18(8-10-21)27-36-11-12-37-27/h3-10,13-15,27H,2,11-12,16-17H2,1H3,(H,31,32)/b30-15-. The van der Waals surface area contributed by atoms with Crippen molar-refractivity contribution in [3.05, 3.63) is 87.6 Å². The lowest BCUT2D eigenvalue weighted by Gasteiger charge is -2.14. The van der Waals surface area contributed by atoms with Crippen molar-refractivity contribution in [2.45, 2.75) is 18.1 Å². The van der Waals surface area contributed by atoms with Gasteiger partial charge in [-0.05, 0) is 58.7 Å². The fourth-order valence-electron chi connectivity index (χ4n) is 3.43. The van der Waals surface area contributed by atoms with Gasteiger partial charge in [0.05, 0.1) is 17.4 Å². The van der Waals surface area contributed by atoms with Crippen LogP contribution in [0.3, 0.4) is 0 Å². The van der Waals surface area contributed by atoms with E-state index in [1.165, 1.54) is 29.4 Å². The molecule has 0 aliphatic carbocycles. The molecule has 1 heterocycles. The molecule has 1 amide bonds. The van der Waals surface area contributed by atoms with Gasteiger partial charge < -0.3 is 14.2 Å². The summed E-state index contributed by atoms with van der Waals surface area (Å²) in [5, 5.41) is 4.03. The molecular formula is C27H26BrFN2O4S2. The Kier molecular flexibility index (Phi) is 10.2. The first kappa shape index (κ1) is 27.3. The van der Waals surface area contributed by atoms with Crippen molar-refractivity contribution in [3.8, 4) is 17.2 Å². The van der Waals surface area contributed by atoms with Crippen LogP contribution in [0.4, 0.5) is 4.39 Å². The van der Waals surface area contributed by atoms with E-state index in [1.54, 1.807) is 30.3 Å². The molecule has 0 aromatic heterocycles. The fraction of sp³-hybridized carbons (Fsp3) is 0.259. The van der Waals surface area contributed by atoms with Gasteiger partial charge >= 0.3 is 0 Å². The van der Waals surface area contributed by atoms with Crippen LogP contribution in [0.5, 0.6) is 17.2 Å². The largest absolute Gasteiger partial charge is 0.490 e. The van der Waals surface area contributed by atoms with E-state index in [9.17, 15) is 9.18 Å². The van der Waals surface area contributed by atoms with Gasteiger partial charge in [0.15, 0.2) is 18.1 Å². The lowest BCUT2D eigenvalue weighted by atomic mass is 10.2. The summed E-state index contributed by atoms with van der Waals surface area (Å²) >= 11 is 7.38. The van der Waals surface area contributed by atoms with Crippen molar-refractivity contribution in [3.63, 3.8) is 0 Å². The third kappa shape index (κ3) is 7.90. The van der Waals surface area contributed by atoms with Crippen LogP contribution < -0.4 is 19.6 Å². The molecule has 37 heavy (non-hydrogen) atoms. The fourth-order valence-corrected chi connectivity index (χ4v) is 6.71. The summed E-state index contributed by atoms with van der Waals surface area (Å²) in [6, 6.07) is 17.8. The molecule has 3 aromatic rings. The lowest BCUT2D eigenvalue weighted by Crippen LogP contribution is -2.24. The molecule has 0 spiro atoms. The van der Waals surface area contributed by atoms with E-state index in [0.29, 0.717) is 44.0 Å². The number of carbonyl (C=O) groups excluding carboxylic acids is 1. The summed E-state index contributed by atoms with van der Waals surface area (Å²) < 4.78 is 32.2. The number of hydrazone groups is 1. The number of hydrogen-bond donors (Lipinski definition) is 1. The number of nitrogens with zero attached hydrogens (tertiary/aromatic N) is 1. The SMILES string of the molecule is CCOc1cc(/C=N\NC(=O)COc2ccc(C3SCCS3)cc2)c(Br)cc1OCc1ccccc1F. The third-order valence-corrected chi connectivity index (χ3v) is 9.03. The average molecular weight is 606 g/mol. The molecule has 0 bridgehead atoms. The minimum atomic E-state index is -0.381. The Morgan fingerprint density at radius 3 is 2.54 bits per heavy atom. The van der Waals surface area contributed by atoms with E-state index in [4.69, 9.17) is 14.2 Å². The molecule has 10 heteroatoms. The second-order valence-electron chi connectivity index (χ2n) is 7.86. The summed E-state index contributed by atoms with van der Waals surface area (Å²) in [5.41, 5.74) is 4.84. The Bertz CT molecular complexity index is 1240. The quantitative estimate of drug-likeness (QED) is 0.197. The Morgan fingerprint density at radius 1 is 1.08 bits per heavy atom. The number of carbonyl (C=O) groups is 1. The maximum atomic E-state index is 13.9. The highest BCUT2D eigenvalue weighted by Crippen LogP contribution is 2.45. The number of benzene rings is 3. The number of halogens is 2. The molecule has 0 atom stereocenters. The van der Waals surface area contributed by atoms with Crippen LogP contribution in [0.2, 0.25) is 0 Å². The highest BCUT2D eigenvalue weighted by Gasteiger charge is 2.18. The molecular weight excluding hydrogens is 579 g/mol. The topological polar surface area (TPSA) is 69.2 Å². The first-order valence-corrected chi connectivity index (χ1v) is 14.5. The van der Waals surface area contributed by atoms with Crippen LogP contribution in [-0.2, 0) is 11.4 Å². The maximum absolute atomic E-state index is 13.9. The molecule has 0 radical (unpaired) electrons. The van der Waals surface area contributed by atoms with E-state index < -0.39 is 0 Å². The van der Waals surface area contributed by atoms with Gasteiger partial charge in [-0.3, -0.25) is 4.79 Å². The summed E-state index contributed by atoms with van der Waals surface area (Å²) in [6.45, 7) is 2.18. The number of rotatable bonds is 11. The van der Waals surface area contributed by atoms with E-state index in [2.05, 4.69) is 26.5 Å². The summed E-state index contributed by atoms with van der Waals surface area (Å²) in [7, 11) is 0. The van der Waals surface area contributed by atoms with Crippen LogP contribution in [-0.4, -0.2) is 36.8 Å². The molecule has 1 aliphatic heterocycles. The number of ether oxygens (including phenoxy) is 3. The van der Waals surface area contributed by atoms with Crippen LogP contribution in [0.15, 0.2) is 70.2 Å². The monoisotopic (exact) mass is 604 g/mol. The Morgan fingerprint density at radius 2 is 1.81 bits per heavy atom. The molecule has 1 aliphatic rings. The van der Waals surface area contributed by atoms with Crippen LogP contribution in [0, 0.1) is 5.82 Å². The maximum Gasteiger partial charge on any atom is 0.277 e. The number of thioether (sulfide) groups is 2. The van der Waals surface area contributed by atoms with Gasteiger partial charge in [-0.1, -0.05) is 30.3 Å². The van der Waals surface area contributed by atoms with E-state index in [1.807, 2.05) is 54.7 Å². The minimum absolute atomic E-state index is 0.0594. The number of amides is 1. The van der Waals surface area contributed by atoms with Gasteiger partial charge in [-0.15, -0.1) is 23.5 Å². The van der Waals surface area contributed by atoms with Crippen LogP contribution >= 0.6 is 39.5 Å². The predicted molar refractivity (Wildman–Crippen MR) is 151 cm³/mol. The average Bonchev–Trinajstić information content (AvgIpc) is 3.44. The molecule has 1 N–H and O–H groups in total. The molecule has 6 nitrogen and oxygen atoms in total. The first-order valence-electron chi connectivity index (χ1n) is 11.6. The highest BCUT2D eigenvalue weighted by molar-refractivity contribution is 9.10. The van der Waals surface area contributed by atoms with E-state index in [-0.39, 0.29) is 24.9 Å². The Labute approximate surface area is 232 Å². The summed E-state index contributed by atoms with van der Waals surface area (Å²) in [4.78, 5) is 12.2. The minimum Gasteiger partial charge on any atom is -0.490 e. The van der Waals surface area contributed by atoms with Crippen molar-refractivity contribution in [1.82, 2.24) is 5.43 Å². The van der Waals surface area contributed by atoms with E-state index in [0.717, 1.165) is 0 Å². The normalized spacial score (nSPS) is 13.6. The van der Waals surface area contributed by atoms with Gasteiger partial charge in [0.1, 0.15) is 18.2 Å².